The molecule has 23 heavy (non-hydrogen) atoms. The molecule has 0 bridgehead atoms. The minimum absolute atomic E-state index is 0.0185. The van der Waals surface area contributed by atoms with Crippen molar-refractivity contribution in [3.63, 3.8) is 0 Å². The van der Waals surface area contributed by atoms with E-state index in [0.29, 0.717) is 24.6 Å². The summed E-state index contributed by atoms with van der Waals surface area (Å²) in [5.74, 6) is 1.04. The molecule has 1 aromatic heterocycles. The molecule has 0 aliphatic heterocycles. The Bertz CT molecular complexity index is 567. The van der Waals surface area contributed by atoms with Crippen molar-refractivity contribution in [1.82, 2.24) is 15.8 Å². The Kier molecular flexibility index (Phi) is 4.95. The quantitative estimate of drug-likeness (QED) is 0.726. The van der Waals surface area contributed by atoms with Gasteiger partial charge in [-0.25, -0.2) is 0 Å². The summed E-state index contributed by atoms with van der Waals surface area (Å²) in [4.78, 5) is 23.9. The number of nitrogens with zero attached hydrogens (tertiary/aromatic N) is 1. The molecule has 0 radical (unpaired) electrons. The standard InChI is InChI=1S/C16H24N4O3/c17-7-6-15(21)18-11-2-1-3-12(8-11)19-16(22)13-9-14(23-20-13)10-4-5-10/h9-12H,1-8,17H2,(H,18,21)(H,19,22). The van der Waals surface area contributed by atoms with Crippen molar-refractivity contribution < 1.29 is 14.1 Å². The van der Waals surface area contributed by atoms with Gasteiger partial charge in [-0.05, 0) is 38.5 Å². The molecule has 2 aliphatic carbocycles. The molecular weight excluding hydrogens is 296 g/mol. The molecule has 7 nitrogen and oxygen atoms in total. The lowest BCUT2D eigenvalue weighted by Gasteiger charge is -2.30. The second-order valence-electron chi connectivity index (χ2n) is 6.53. The van der Waals surface area contributed by atoms with Gasteiger partial charge >= 0.3 is 0 Å². The number of nitrogens with two attached hydrogens (primary N) is 1. The maximum Gasteiger partial charge on any atom is 0.273 e. The molecular formula is C16H24N4O3. The van der Waals surface area contributed by atoms with Crippen LogP contribution in [-0.4, -0.2) is 35.6 Å². The van der Waals surface area contributed by atoms with Crippen LogP contribution in [0, 0.1) is 0 Å². The average Bonchev–Trinajstić information content (AvgIpc) is 3.25. The second-order valence-corrected chi connectivity index (χ2v) is 6.53. The monoisotopic (exact) mass is 320 g/mol. The van der Waals surface area contributed by atoms with Gasteiger partial charge in [0.1, 0.15) is 5.76 Å². The van der Waals surface area contributed by atoms with E-state index in [1.165, 1.54) is 0 Å². The van der Waals surface area contributed by atoms with Crippen LogP contribution in [0.15, 0.2) is 10.6 Å². The van der Waals surface area contributed by atoms with Crippen LogP contribution in [0.1, 0.15) is 67.1 Å². The highest BCUT2D eigenvalue weighted by Gasteiger charge is 2.30. The number of carbonyl (C=O) groups is 2. The lowest BCUT2D eigenvalue weighted by molar-refractivity contribution is -0.121. The number of amides is 2. The molecule has 1 aromatic rings. The molecule has 4 N–H and O–H groups in total. The first-order valence-electron chi connectivity index (χ1n) is 8.42. The molecule has 0 saturated heterocycles. The molecule has 1 heterocycles. The lowest BCUT2D eigenvalue weighted by atomic mass is 9.90. The molecule has 7 heteroatoms. The number of hydrogen-bond acceptors (Lipinski definition) is 5. The van der Waals surface area contributed by atoms with Crippen molar-refractivity contribution in [2.24, 2.45) is 5.73 Å². The SMILES string of the molecule is NCCC(=O)NC1CCCC(NC(=O)c2cc(C3CC3)on2)C1. The minimum atomic E-state index is -0.195. The van der Waals surface area contributed by atoms with E-state index >= 15 is 0 Å². The number of carbonyl (C=O) groups excluding carboxylic acids is 2. The van der Waals surface area contributed by atoms with Crippen LogP contribution in [0.2, 0.25) is 0 Å². The smallest absolute Gasteiger partial charge is 0.273 e. The third-order valence-corrected chi connectivity index (χ3v) is 4.49. The fraction of sp³-hybridized carbons (Fsp3) is 0.688. The van der Waals surface area contributed by atoms with Gasteiger partial charge < -0.3 is 20.9 Å². The van der Waals surface area contributed by atoms with Gasteiger partial charge in [-0.3, -0.25) is 9.59 Å². The Morgan fingerprint density at radius 3 is 2.65 bits per heavy atom. The number of hydrogen-bond donors (Lipinski definition) is 3. The van der Waals surface area contributed by atoms with Crippen LogP contribution in [0.3, 0.4) is 0 Å². The van der Waals surface area contributed by atoms with E-state index in [1.807, 2.05) is 0 Å². The van der Waals surface area contributed by atoms with Gasteiger partial charge in [0.2, 0.25) is 5.91 Å². The van der Waals surface area contributed by atoms with Crippen molar-refractivity contribution in [2.45, 2.75) is 62.9 Å². The van der Waals surface area contributed by atoms with Crippen LogP contribution in [-0.2, 0) is 4.79 Å². The zero-order valence-corrected chi connectivity index (χ0v) is 13.2. The molecule has 2 unspecified atom stereocenters. The van der Waals surface area contributed by atoms with Gasteiger partial charge in [0.25, 0.3) is 5.91 Å². The predicted octanol–water partition coefficient (Wildman–Crippen LogP) is 1.06. The molecule has 2 saturated carbocycles. The Morgan fingerprint density at radius 2 is 1.96 bits per heavy atom. The highest BCUT2D eigenvalue weighted by atomic mass is 16.5. The van der Waals surface area contributed by atoms with Gasteiger partial charge in [0.05, 0.1) is 0 Å². The maximum atomic E-state index is 12.3. The fourth-order valence-electron chi connectivity index (χ4n) is 3.10. The normalized spacial score (nSPS) is 24.2. The van der Waals surface area contributed by atoms with Crippen molar-refractivity contribution in [3.05, 3.63) is 17.5 Å². The van der Waals surface area contributed by atoms with Gasteiger partial charge in [-0.1, -0.05) is 5.16 Å². The Morgan fingerprint density at radius 1 is 1.22 bits per heavy atom. The molecule has 2 fully saturated rings. The van der Waals surface area contributed by atoms with Gasteiger partial charge in [0.15, 0.2) is 5.69 Å². The Hall–Kier alpha value is -1.89. The molecule has 126 valence electrons. The largest absolute Gasteiger partial charge is 0.360 e. The van der Waals surface area contributed by atoms with E-state index in [2.05, 4.69) is 15.8 Å². The van der Waals surface area contributed by atoms with E-state index in [-0.39, 0.29) is 23.9 Å². The number of aromatic nitrogens is 1. The van der Waals surface area contributed by atoms with E-state index in [4.69, 9.17) is 10.3 Å². The molecule has 2 aliphatic rings. The van der Waals surface area contributed by atoms with E-state index in [1.54, 1.807) is 6.07 Å². The number of nitrogens with one attached hydrogen (secondary N) is 2. The molecule has 0 aromatic carbocycles. The van der Waals surface area contributed by atoms with Crippen molar-refractivity contribution in [2.75, 3.05) is 6.54 Å². The molecule has 2 atom stereocenters. The predicted molar refractivity (Wildman–Crippen MR) is 83.8 cm³/mol. The summed E-state index contributed by atoms with van der Waals surface area (Å²) in [5, 5.41) is 9.86. The van der Waals surface area contributed by atoms with Crippen LogP contribution in [0.4, 0.5) is 0 Å². The average molecular weight is 320 g/mol. The van der Waals surface area contributed by atoms with Gasteiger partial charge in [0, 0.05) is 37.0 Å². The summed E-state index contributed by atoms with van der Waals surface area (Å²) in [6, 6.07) is 1.91. The highest BCUT2D eigenvalue weighted by molar-refractivity contribution is 5.92. The third-order valence-electron chi connectivity index (χ3n) is 4.49. The van der Waals surface area contributed by atoms with Gasteiger partial charge in [-0.2, -0.15) is 0 Å². The third kappa shape index (κ3) is 4.31. The van der Waals surface area contributed by atoms with Crippen molar-refractivity contribution in [3.8, 4) is 0 Å². The van der Waals surface area contributed by atoms with Crippen LogP contribution >= 0.6 is 0 Å². The Balaban J connectivity index is 1.50. The van der Waals surface area contributed by atoms with Crippen LogP contribution < -0.4 is 16.4 Å². The second kappa shape index (κ2) is 7.12. The van der Waals surface area contributed by atoms with Crippen LogP contribution in [0.25, 0.3) is 0 Å². The zero-order valence-electron chi connectivity index (χ0n) is 13.2. The van der Waals surface area contributed by atoms with E-state index < -0.39 is 0 Å². The lowest BCUT2D eigenvalue weighted by Crippen LogP contribution is -2.46. The van der Waals surface area contributed by atoms with Crippen molar-refractivity contribution >= 4 is 11.8 Å². The first-order valence-corrected chi connectivity index (χ1v) is 8.42. The number of rotatable bonds is 6. The van der Waals surface area contributed by atoms with E-state index in [0.717, 1.165) is 44.3 Å². The summed E-state index contributed by atoms with van der Waals surface area (Å²) in [6.07, 6.45) is 6.16. The molecule has 0 spiro atoms. The Labute approximate surface area is 135 Å². The first-order chi connectivity index (χ1) is 11.2. The summed E-state index contributed by atoms with van der Waals surface area (Å²) < 4.78 is 5.22. The topological polar surface area (TPSA) is 110 Å². The summed E-state index contributed by atoms with van der Waals surface area (Å²) >= 11 is 0. The van der Waals surface area contributed by atoms with E-state index in [9.17, 15) is 9.59 Å². The summed E-state index contributed by atoms with van der Waals surface area (Å²) in [6.45, 7) is 0.355. The molecule has 2 amide bonds. The molecule has 3 rings (SSSR count). The minimum Gasteiger partial charge on any atom is -0.360 e. The van der Waals surface area contributed by atoms with Gasteiger partial charge in [-0.15, -0.1) is 0 Å². The van der Waals surface area contributed by atoms with Crippen molar-refractivity contribution in [1.29, 1.82) is 0 Å². The summed E-state index contributed by atoms with van der Waals surface area (Å²) in [7, 11) is 0. The fourth-order valence-corrected chi connectivity index (χ4v) is 3.10. The zero-order chi connectivity index (χ0) is 16.2. The van der Waals surface area contributed by atoms with Crippen LogP contribution in [0.5, 0.6) is 0 Å². The highest BCUT2D eigenvalue weighted by Crippen LogP contribution is 2.40. The maximum absolute atomic E-state index is 12.3. The first kappa shape index (κ1) is 16.0. The summed E-state index contributed by atoms with van der Waals surface area (Å²) in [5.41, 5.74) is 5.73.